The zero-order chi connectivity index (χ0) is 18.2. The number of ether oxygens (including phenoxy) is 1. The lowest BCUT2D eigenvalue weighted by Gasteiger charge is -2.22. The van der Waals surface area contributed by atoms with E-state index in [0.717, 1.165) is 32.0 Å². The van der Waals surface area contributed by atoms with Crippen molar-refractivity contribution in [1.82, 2.24) is 10.2 Å². The van der Waals surface area contributed by atoms with Crippen LogP contribution < -0.4 is 5.32 Å². The first kappa shape index (κ1) is 21.7. The summed E-state index contributed by atoms with van der Waals surface area (Å²) < 4.78 is 5.30. The van der Waals surface area contributed by atoms with Crippen LogP contribution in [0.2, 0.25) is 0 Å². The molecule has 0 bridgehead atoms. The van der Waals surface area contributed by atoms with Gasteiger partial charge in [0, 0.05) is 33.8 Å². The summed E-state index contributed by atoms with van der Waals surface area (Å²) in [5, 5.41) is 3.53. The van der Waals surface area contributed by atoms with Crippen molar-refractivity contribution < 1.29 is 4.74 Å². The molecule has 3 rings (SSSR count). The standard InChI is InChI=1S/C22H29N3O.HI/c1-23-22(24-15-20-10-6-7-11-21(20)17-26-2)25-13-12-19(16-25)14-18-8-4-3-5-9-18;/h3-11,19H,12-17H2,1-2H3,(H,23,24);1H. The third kappa shape index (κ3) is 6.21. The minimum Gasteiger partial charge on any atom is -0.380 e. The molecule has 1 aliphatic heterocycles. The number of likely N-dealkylation sites (tertiary alicyclic amines) is 1. The van der Waals surface area contributed by atoms with E-state index in [0.29, 0.717) is 12.5 Å². The fraction of sp³-hybridized carbons (Fsp3) is 0.409. The summed E-state index contributed by atoms with van der Waals surface area (Å²) in [6.07, 6.45) is 2.36. The van der Waals surface area contributed by atoms with E-state index in [1.54, 1.807) is 7.11 Å². The van der Waals surface area contributed by atoms with Gasteiger partial charge in [-0.2, -0.15) is 0 Å². The summed E-state index contributed by atoms with van der Waals surface area (Å²) in [5.74, 6) is 1.68. The van der Waals surface area contributed by atoms with Gasteiger partial charge in [0.1, 0.15) is 0 Å². The van der Waals surface area contributed by atoms with Crippen molar-refractivity contribution in [2.75, 3.05) is 27.2 Å². The van der Waals surface area contributed by atoms with Crippen molar-refractivity contribution in [3.63, 3.8) is 0 Å². The van der Waals surface area contributed by atoms with Crippen molar-refractivity contribution in [2.24, 2.45) is 10.9 Å². The van der Waals surface area contributed by atoms with Crippen LogP contribution in [0.5, 0.6) is 0 Å². The average molecular weight is 479 g/mol. The van der Waals surface area contributed by atoms with E-state index < -0.39 is 0 Å². The summed E-state index contributed by atoms with van der Waals surface area (Å²) in [6.45, 7) is 3.54. The number of hydrogen-bond acceptors (Lipinski definition) is 2. The summed E-state index contributed by atoms with van der Waals surface area (Å²) in [5.41, 5.74) is 3.91. The number of methoxy groups -OCH3 is 1. The SMILES string of the molecule is CN=C(NCc1ccccc1COC)N1CCC(Cc2ccccc2)C1.I. The number of hydrogen-bond donors (Lipinski definition) is 1. The molecule has 0 aromatic heterocycles. The molecule has 1 atom stereocenters. The molecule has 1 heterocycles. The second kappa shape index (κ2) is 11.3. The Kier molecular flexibility index (Phi) is 9.07. The quantitative estimate of drug-likeness (QED) is 0.385. The molecule has 27 heavy (non-hydrogen) atoms. The van der Waals surface area contributed by atoms with Crippen LogP contribution >= 0.6 is 24.0 Å². The first-order chi connectivity index (χ1) is 12.8. The molecule has 0 aliphatic carbocycles. The zero-order valence-electron chi connectivity index (χ0n) is 16.2. The van der Waals surface area contributed by atoms with Gasteiger partial charge in [-0.15, -0.1) is 24.0 Å². The van der Waals surface area contributed by atoms with Gasteiger partial charge < -0.3 is 15.0 Å². The van der Waals surface area contributed by atoms with E-state index in [4.69, 9.17) is 4.74 Å². The Morgan fingerprint density at radius 3 is 2.52 bits per heavy atom. The number of halogens is 1. The van der Waals surface area contributed by atoms with Crippen LogP contribution in [0.1, 0.15) is 23.1 Å². The van der Waals surface area contributed by atoms with Gasteiger partial charge in [0.2, 0.25) is 0 Å². The Morgan fingerprint density at radius 1 is 1.11 bits per heavy atom. The van der Waals surface area contributed by atoms with Gasteiger partial charge >= 0.3 is 0 Å². The van der Waals surface area contributed by atoms with Crippen molar-refractivity contribution in [1.29, 1.82) is 0 Å². The van der Waals surface area contributed by atoms with E-state index in [1.807, 2.05) is 7.05 Å². The molecule has 1 aliphatic rings. The molecule has 2 aromatic rings. The van der Waals surface area contributed by atoms with Crippen LogP contribution in [0, 0.1) is 5.92 Å². The Labute approximate surface area is 180 Å². The van der Waals surface area contributed by atoms with E-state index >= 15 is 0 Å². The molecule has 1 N–H and O–H groups in total. The van der Waals surface area contributed by atoms with Gasteiger partial charge in [-0.3, -0.25) is 4.99 Å². The minimum absolute atomic E-state index is 0. The lowest BCUT2D eigenvalue weighted by Crippen LogP contribution is -2.39. The average Bonchev–Trinajstić information content (AvgIpc) is 3.13. The molecule has 1 saturated heterocycles. The predicted molar refractivity (Wildman–Crippen MR) is 123 cm³/mol. The zero-order valence-corrected chi connectivity index (χ0v) is 18.6. The van der Waals surface area contributed by atoms with Crippen molar-refractivity contribution >= 4 is 29.9 Å². The Balaban J connectivity index is 0.00000261. The van der Waals surface area contributed by atoms with Crippen molar-refractivity contribution in [2.45, 2.75) is 26.0 Å². The normalized spacial score (nSPS) is 16.9. The van der Waals surface area contributed by atoms with Crippen LogP contribution in [0.25, 0.3) is 0 Å². The number of benzene rings is 2. The Morgan fingerprint density at radius 2 is 1.81 bits per heavy atom. The van der Waals surface area contributed by atoms with Crippen LogP contribution in [0.15, 0.2) is 59.6 Å². The molecular weight excluding hydrogens is 449 g/mol. The lowest BCUT2D eigenvalue weighted by atomic mass is 9.99. The van der Waals surface area contributed by atoms with E-state index in [2.05, 4.69) is 69.8 Å². The molecular formula is C22H30IN3O. The molecule has 4 nitrogen and oxygen atoms in total. The molecule has 0 spiro atoms. The lowest BCUT2D eigenvalue weighted by molar-refractivity contribution is 0.184. The summed E-state index contributed by atoms with van der Waals surface area (Å²) in [6, 6.07) is 19.2. The van der Waals surface area contributed by atoms with E-state index in [9.17, 15) is 0 Å². The monoisotopic (exact) mass is 479 g/mol. The summed E-state index contributed by atoms with van der Waals surface area (Å²) in [7, 11) is 3.61. The minimum atomic E-state index is 0. The van der Waals surface area contributed by atoms with Crippen LogP contribution in [-0.4, -0.2) is 38.1 Å². The van der Waals surface area contributed by atoms with Gasteiger partial charge in [0.05, 0.1) is 6.61 Å². The van der Waals surface area contributed by atoms with E-state index in [-0.39, 0.29) is 24.0 Å². The molecule has 1 unspecified atom stereocenters. The van der Waals surface area contributed by atoms with Gasteiger partial charge in [-0.25, -0.2) is 0 Å². The predicted octanol–water partition coefficient (Wildman–Crippen LogP) is 4.09. The third-order valence-electron chi connectivity index (χ3n) is 5.02. The van der Waals surface area contributed by atoms with Crippen molar-refractivity contribution in [3.05, 3.63) is 71.3 Å². The molecule has 0 amide bonds. The first-order valence-corrected chi connectivity index (χ1v) is 9.35. The largest absolute Gasteiger partial charge is 0.380 e. The third-order valence-corrected chi connectivity index (χ3v) is 5.02. The smallest absolute Gasteiger partial charge is 0.193 e. The fourth-order valence-electron chi connectivity index (χ4n) is 3.67. The highest BCUT2D eigenvalue weighted by Crippen LogP contribution is 2.21. The number of rotatable bonds is 6. The Hall–Kier alpha value is -1.60. The molecule has 0 radical (unpaired) electrons. The summed E-state index contributed by atoms with van der Waals surface area (Å²) >= 11 is 0. The maximum Gasteiger partial charge on any atom is 0.193 e. The first-order valence-electron chi connectivity index (χ1n) is 9.35. The van der Waals surface area contributed by atoms with Crippen LogP contribution in [0.3, 0.4) is 0 Å². The van der Waals surface area contributed by atoms with Crippen LogP contribution in [0.4, 0.5) is 0 Å². The fourth-order valence-corrected chi connectivity index (χ4v) is 3.67. The van der Waals surface area contributed by atoms with Crippen LogP contribution in [-0.2, 0) is 24.3 Å². The van der Waals surface area contributed by atoms with Gasteiger partial charge in [-0.05, 0) is 35.4 Å². The second-order valence-corrected chi connectivity index (χ2v) is 6.89. The topological polar surface area (TPSA) is 36.9 Å². The second-order valence-electron chi connectivity index (χ2n) is 6.89. The van der Waals surface area contributed by atoms with Gasteiger partial charge in [0.15, 0.2) is 5.96 Å². The van der Waals surface area contributed by atoms with Gasteiger partial charge in [-0.1, -0.05) is 54.6 Å². The number of nitrogens with zero attached hydrogens (tertiary/aromatic N) is 2. The molecule has 2 aromatic carbocycles. The highest BCUT2D eigenvalue weighted by molar-refractivity contribution is 14.0. The highest BCUT2D eigenvalue weighted by Gasteiger charge is 2.24. The Bertz CT molecular complexity index is 721. The maximum atomic E-state index is 5.30. The highest BCUT2D eigenvalue weighted by atomic mass is 127. The molecule has 1 fully saturated rings. The van der Waals surface area contributed by atoms with Crippen molar-refractivity contribution in [3.8, 4) is 0 Å². The maximum absolute atomic E-state index is 5.30. The number of aliphatic imine (C=N–C) groups is 1. The number of guanidine groups is 1. The van der Waals surface area contributed by atoms with E-state index in [1.165, 1.54) is 23.1 Å². The molecule has 146 valence electrons. The summed E-state index contributed by atoms with van der Waals surface area (Å²) in [4.78, 5) is 6.88. The number of nitrogens with one attached hydrogen (secondary N) is 1. The van der Waals surface area contributed by atoms with Gasteiger partial charge in [0.25, 0.3) is 0 Å². The molecule has 5 heteroatoms. The molecule has 0 saturated carbocycles.